The normalized spacial score (nSPS) is 15.1. The Hall–Kier alpha value is -1.83. The number of phenols is 1. The van der Waals surface area contributed by atoms with Gasteiger partial charge in [0.05, 0.1) is 6.54 Å². The fourth-order valence-electron chi connectivity index (χ4n) is 2.96. The van der Waals surface area contributed by atoms with E-state index in [0.29, 0.717) is 6.54 Å². The molecule has 1 aliphatic rings. The zero-order valence-electron chi connectivity index (χ0n) is 14.8. The number of hydrogen-bond acceptors (Lipinski definition) is 2. The Balaban J connectivity index is 0.00000243. The summed E-state index contributed by atoms with van der Waals surface area (Å²) in [6.07, 6.45) is 2.10. The molecular weight excluding hydrogens is 444 g/mol. The monoisotopic (exact) mass is 469 g/mol. The van der Waals surface area contributed by atoms with Crippen LogP contribution in [0.3, 0.4) is 0 Å². The second-order valence-electron chi connectivity index (χ2n) is 6.51. The van der Waals surface area contributed by atoms with E-state index in [0.717, 1.165) is 43.0 Å². The molecular formula is C20H25FIN3O. The summed E-state index contributed by atoms with van der Waals surface area (Å²) < 4.78 is 13.5. The van der Waals surface area contributed by atoms with Crippen molar-refractivity contribution in [1.82, 2.24) is 10.6 Å². The molecule has 0 saturated heterocycles. The number of nitrogens with zero attached hydrogens (tertiary/aromatic N) is 1. The molecule has 0 bridgehead atoms. The summed E-state index contributed by atoms with van der Waals surface area (Å²) in [5.74, 6) is 0.787. The third-order valence-electron chi connectivity index (χ3n) is 4.56. The van der Waals surface area contributed by atoms with Crippen LogP contribution in [0.15, 0.2) is 53.5 Å². The standard InChI is InChI=1S/C20H24FN3O.HI/c1-2-22-19(23-13-15-5-3-8-18(25)11-15)24-14-20(9-10-20)16-6-4-7-17(21)12-16;/h3-8,11-12,25H,2,9-10,13-14H2,1H3,(H2,22,23,24);1H. The van der Waals surface area contributed by atoms with Gasteiger partial charge in [0, 0.05) is 18.5 Å². The van der Waals surface area contributed by atoms with Crippen LogP contribution in [-0.4, -0.2) is 24.2 Å². The third-order valence-corrected chi connectivity index (χ3v) is 4.56. The summed E-state index contributed by atoms with van der Waals surface area (Å²) in [6.45, 7) is 3.99. The van der Waals surface area contributed by atoms with Crippen LogP contribution >= 0.6 is 24.0 Å². The lowest BCUT2D eigenvalue weighted by atomic mass is 9.96. The van der Waals surface area contributed by atoms with Gasteiger partial charge in [-0.05, 0) is 55.2 Å². The number of halogens is 2. The van der Waals surface area contributed by atoms with E-state index in [1.54, 1.807) is 24.3 Å². The molecule has 0 radical (unpaired) electrons. The highest BCUT2D eigenvalue weighted by atomic mass is 127. The SMILES string of the molecule is CCNC(=NCc1cccc(O)c1)NCC1(c2cccc(F)c2)CC1.I. The van der Waals surface area contributed by atoms with Crippen molar-refractivity contribution in [2.45, 2.75) is 31.7 Å². The lowest BCUT2D eigenvalue weighted by Crippen LogP contribution is -2.41. The van der Waals surface area contributed by atoms with E-state index in [-0.39, 0.29) is 41.0 Å². The number of hydrogen-bond donors (Lipinski definition) is 3. The number of nitrogens with one attached hydrogen (secondary N) is 2. The number of benzene rings is 2. The largest absolute Gasteiger partial charge is 0.508 e. The molecule has 3 rings (SSSR count). The molecule has 0 aliphatic heterocycles. The molecule has 0 amide bonds. The van der Waals surface area contributed by atoms with Gasteiger partial charge in [-0.15, -0.1) is 24.0 Å². The van der Waals surface area contributed by atoms with Crippen molar-refractivity contribution >= 4 is 29.9 Å². The first-order chi connectivity index (χ1) is 12.1. The number of guanidine groups is 1. The highest BCUT2D eigenvalue weighted by Crippen LogP contribution is 2.47. The summed E-state index contributed by atoms with van der Waals surface area (Å²) >= 11 is 0. The summed E-state index contributed by atoms with van der Waals surface area (Å²) in [4.78, 5) is 4.58. The predicted molar refractivity (Wildman–Crippen MR) is 114 cm³/mol. The van der Waals surface area contributed by atoms with E-state index in [2.05, 4.69) is 15.6 Å². The number of rotatable bonds is 6. The van der Waals surface area contributed by atoms with Crippen LogP contribution in [0.4, 0.5) is 4.39 Å². The van der Waals surface area contributed by atoms with Crippen molar-refractivity contribution in [3.8, 4) is 5.75 Å². The van der Waals surface area contributed by atoms with Gasteiger partial charge in [0.2, 0.25) is 0 Å². The average molecular weight is 469 g/mol. The Kier molecular flexibility index (Phi) is 7.25. The van der Waals surface area contributed by atoms with E-state index < -0.39 is 0 Å². The first-order valence-electron chi connectivity index (χ1n) is 8.67. The molecule has 1 aliphatic carbocycles. The van der Waals surface area contributed by atoms with Crippen LogP contribution in [0.1, 0.15) is 30.9 Å². The van der Waals surface area contributed by atoms with Crippen LogP contribution < -0.4 is 10.6 Å². The zero-order chi connectivity index (χ0) is 17.7. The number of phenolic OH excluding ortho intramolecular Hbond substituents is 1. The van der Waals surface area contributed by atoms with E-state index in [9.17, 15) is 9.50 Å². The number of aliphatic imine (C=N–C) groups is 1. The minimum Gasteiger partial charge on any atom is -0.508 e. The molecule has 0 heterocycles. The quantitative estimate of drug-likeness (QED) is 0.342. The molecule has 0 atom stereocenters. The molecule has 3 N–H and O–H groups in total. The lowest BCUT2D eigenvalue weighted by molar-refractivity contribution is 0.474. The van der Waals surface area contributed by atoms with Crippen LogP contribution in [0.25, 0.3) is 0 Å². The molecule has 26 heavy (non-hydrogen) atoms. The van der Waals surface area contributed by atoms with Gasteiger partial charge in [-0.2, -0.15) is 0 Å². The summed E-state index contributed by atoms with van der Waals surface area (Å²) in [5.41, 5.74) is 2.00. The topological polar surface area (TPSA) is 56.7 Å². The molecule has 1 saturated carbocycles. The predicted octanol–water partition coefficient (Wildman–Crippen LogP) is 3.94. The molecule has 1 fully saturated rings. The zero-order valence-corrected chi connectivity index (χ0v) is 17.2. The Morgan fingerprint density at radius 1 is 1.15 bits per heavy atom. The number of aromatic hydroxyl groups is 1. The van der Waals surface area contributed by atoms with Crippen LogP contribution in [-0.2, 0) is 12.0 Å². The molecule has 140 valence electrons. The van der Waals surface area contributed by atoms with Gasteiger partial charge in [0.15, 0.2) is 5.96 Å². The molecule has 0 unspecified atom stereocenters. The van der Waals surface area contributed by atoms with Gasteiger partial charge in [-0.3, -0.25) is 0 Å². The Morgan fingerprint density at radius 2 is 1.92 bits per heavy atom. The van der Waals surface area contributed by atoms with Crippen molar-refractivity contribution in [1.29, 1.82) is 0 Å². The van der Waals surface area contributed by atoms with Gasteiger partial charge in [0.25, 0.3) is 0 Å². The van der Waals surface area contributed by atoms with Crippen molar-refractivity contribution in [3.63, 3.8) is 0 Å². The van der Waals surface area contributed by atoms with Crippen LogP contribution in [0.5, 0.6) is 5.75 Å². The molecule has 0 spiro atoms. The second kappa shape index (κ2) is 9.21. The fourth-order valence-corrected chi connectivity index (χ4v) is 2.96. The first kappa shape index (κ1) is 20.5. The maximum atomic E-state index is 13.5. The molecule has 0 aromatic heterocycles. The van der Waals surface area contributed by atoms with Crippen LogP contribution in [0, 0.1) is 5.82 Å². The molecule has 4 nitrogen and oxygen atoms in total. The second-order valence-corrected chi connectivity index (χ2v) is 6.51. The fraction of sp³-hybridized carbons (Fsp3) is 0.350. The van der Waals surface area contributed by atoms with Crippen molar-refractivity contribution in [3.05, 3.63) is 65.5 Å². The van der Waals surface area contributed by atoms with E-state index >= 15 is 0 Å². The molecule has 2 aromatic rings. The van der Waals surface area contributed by atoms with Gasteiger partial charge in [0.1, 0.15) is 11.6 Å². The molecule has 6 heteroatoms. The first-order valence-corrected chi connectivity index (χ1v) is 8.67. The maximum Gasteiger partial charge on any atom is 0.191 e. The van der Waals surface area contributed by atoms with Crippen molar-refractivity contribution in [2.24, 2.45) is 4.99 Å². The minimum atomic E-state index is -0.187. The van der Waals surface area contributed by atoms with Gasteiger partial charge < -0.3 is 15.7 Å². The van der Waals surface area contributed by atoms with Crippen molar-refractivity contribution < 1.29 is 9.50 Å². The van der Waals surface area contributed by atoms with E-state index in [1.165, 1.54) is 6.07 Å². The van der Waals surface area contributed by atoms with Gasteiger partial charge >= 0.3 is 0 Å². The maximum absolute atomic E-state index is 13.5. The average Bonchev–Trinajstić information content (AvgIpc) is 3.39. The third kappa shape index (κ3) is 5.33. The molecule has 2 aromatic carbocycles. The van der Waals surface area contributed by atoms with E-state index in [4.69, 9.17) is 0 Å². The van der Waals surface area contributed by atoms with Gasteiger partial charge in [-0.25, -0.2) is 9.38 Å². The Labute approximate surface area is 171 Å². The smallest absolute Gasteiger partial charge is 0.191 e. The van der Waals surface area contributed by atoms with E-state index in [1.807, 2.05) is 25.1 Å². The minimum absolute atomic E-state index is 0. The van der Waals surface area contributed by atoms with Crippen LogP contribution in [0.2, 0.25) is 0 Å². The Bertz CT molecular complexity index is 762. The van der Waals surface area contributed by atoms with Crippen molar-refractivity contribution in [2.75, 3.05) is 13.1 Å². The summed E-state index contributed by atoms with van der Waals surface area (Å²) in [7, 11) is 0. The highest BCUT2D eigenvalue weighted by Gasteiger charge is 2.44. The van der Waals surface area contributed by atoms with Gasteiger partial charge in [-0.1, -0.05) is 24.3 Å². The summed E-state index contributed by atoms with van der Waals surface area (Å²) in [6, 6.07) is 14.0. The lowest BCUT2D eigenvalue weighted by Gasteiger charge is -2.19. The summed E-state index contributed by atoms with van der Waals surface area (Å²) in [5, 5.41) is 16.2. The Morgan fingerprint density at radius 3 is 2.58 bits per heavy atom. The highest BCUT2D eigenvalue weighted by molar-refractivity contribution is 14.0.